The molecule has 1 aliphatic heterocycles. The van der Waals surface area contributed by atoms with E-state index in [-0.39, 0.29) is 6.61 Å². The molecule has 0 amide bonds. The van der Waals surface area contributed by atoms with Crippen molar-refractivity contribution in [3.05, 3.63) is 108 Å². The Kier molecular flexibility index (Phi) is 10.1. The first-order chi connectivity index (χ1) is 17.6. The van der Waals surface area contributed by atoms with Crippen LogP contribution >= 0.6 is 15.9 Å². The first-order valence-corrected chi connectivity index (χ1v) is 12.9. The number of hydrogen-bond acceptors (Lipinski definition) is 6. The monoisotopic (exact) mass is 554 g/mol. The fraction of sp³-hybridized carbons (Fsp3) is 0.345. The van der Waals surface area contributed by atoms with Crippen molar-refractivity contribution in [1.29, 1.82) is 0 Å². The fourth-order valence-corrected chi connectivity index (χ4v) is 4.79. The van der Waals surface area contributed by atoms with Gasteiger partial charge in [-0.05, 0) is 16.7 Å². The summed E-state index contributed by atoms with van der Waals surface area (Å²) in [5, 5.41) is -0.580. The highest BCUT2D eigenvalue weighted by Crippen LogP contribution is 2.32. The standard InChI is InChI=1S/C29H31BrO6/c1-21(31)35-28-27(34-19-24-15-9-4-10-16-24)26(33-18-23-13-7-3-8-14-23)25(36-29(28)30)20-32-17-22-11-5-2-6-12-22/h2-16,25-29H,17-20H2,1H3/t25-,26-,27+,28+,29+/m1/s1. The van der Waals surface area contributed by atoms with Crippen molar-refractivity contribution in [3.8, 4) is 0 Å². The zero-order chi connectivity index (χ0) is 25.2. The quantitative estimate of drug-likeness (QED) is 0.233. The lowest BCUT2D eigenvalue weighted by Crippen LogP contribution is -2.60. The van der Waals surface area contributed by atoms with Gasteiger partial charge < -0.3 is 23.7 Å². The van der Waals surface area contributed by atoms with Crippen LogP contribution < -0.4 is 0 Å². The van der Waals surface area contributed by atoms with Crippen LogP contribution in [-0.2, 0) is 48.3 Å². The number of alkyl halides is 1. The molecule has 5 atom stereocenters. The van der Waals surface area contributed by atoms with Crippen LogP contribution in [0.5, 0.6) is 0 Å². The lowest BCUT2D eigenvalue weighted by atomic mass is 9.99. The Bertz CT molecular complexity index is 1050. The molecule has 4 rings (SSSR count). The molecule has 3 aromatic rings. The van der Waals surface area contributed by atoms with E-state index in [9.17, 15) is 4.79 Å². The van der Waals surface area contributed by atoms with Crippen LogP contribution in [0.25, 0.3) is 0 Å². The number of hydrogen-bond donors (Lipinski definition) is 0. The molecular weight excluding hydrogens is 524 g/mol. The summed E-state index contributed by atoms with van der Waals surface area (Å²) in [6.45, 7) is 2.81. The molecule has 6 nitrogen and oxygen atoms in total. The summed E-state index contributed by atoms with van der Waals surface area (Å²) in [6.07, 6.45) is -2.27. The van der Waals surface area contributed by atoms with Crippen molar-refractivity contribution in [1.82, 2.24) is 0 Å². The predicted octanol–water partition coefficient (Wildman–Crippen LogP) is 5.43. The minimum atomic E-state index is -0.697. The summed E-state index contributed by atoms with van der Waals surface area (Å²) in [5.41, 5.74) is 3.10. The van der Waals surface area contributed by atoms with Gasteiger partial charge in [0.2, 0.25) is 0 Å². The Labute approximate surface area is 220 Å². The fourth-order valence-electron chi connectivity index (χ4n) is 4.11. The van der Waals surface area contributed by atoms with Crippen LogP contribution in [0.15, 0.2) is 91.0 Å². The second kappa shape index (κ2) is 13.7. The van der Waals surface area contributed by atoms with Gasteiger partial charge in [0, 0.05) is 6.92 Å². The Morgan fingerprint density at radius 3 is 1.69 bits per heavy atom. The highest BCUT2D eigenvalue weighted by Gasteiger charge is 2.48. The van der Waals surface area contributed by atoms with Gasteiger partial charge >= 0.3 is 5.97 Å². The van der Waals surface area contributed by atoms with Gasteiger partial charge in [-0.25, -0.2) is 0 Å². The first-order valence-electron chi connectivity index (χ1n) is 12.0. The number of esters is 1. The van der Waals surface area contributed by atoms with Gasteiger partial charge in [0.15, 0.2) is 11.1 Å². The molecule has 190 valence electrons. The lowest BCUT2D eigenvalue weighted by Gasteiger charge is -2.44. The van der Waals surface area contributed by atoms with Gasteiger partial charge in [-0.2, -0.15) is 0 Å². The van der Waals surface area contributed by atoms with Gasteiger partial charge in [-0.3, -0.25) is 4.79 Å². The maximum atomic E-state index is 12.0. The van der Waals surface area contributed by atoms with Gasteiger partial charge in [-0.1, -0.05) is 107 Å². The minimum Gasteiger partial charge on any atom is -0.456 e. The zero-order valence-corrected chi connectivity index (χ0v) is 21.8. The summed E-state index contributed by atoms with van der Waals surface area (Å²) < 4.78 is 30.7. The summed E-state index contributed by atoms with van der Waals surface area (Å²) in [7, 11) is 0. The molecule has 7 heteroatoms. The van der Waals surface area contributed by atoms with E-state index in [1.165, 1.54) is 6.92 Å². The van der Waals surface area contributed by atoms with Gasteiger partial charge in [-0.15, -0.1) is 0 Å². The molecule has 0 bridgehead atoms. The minimum absolute atomic E-state index is 0.286. The van der Waals surface area contributed by atoms with Crippen LogP contribution in [-0.4, -0.2) is 42.0 Å². The summed E-state index contributed by atoms with van der Waals surface area (Å²) in [6, 6.07) is 29.7. The molecule has 3 aromatic carbocycles. The van der Waals surface area contributed by atoms with Crippen LogP contribution in [0.1, 0.15) is 23.6 Å². The maximum Gasteiger partial charge on any atom is 0.303 e. The van der Waals surface area contributed by atoms with Gasteiger partial charge in [0.05, 0.1) is 26.4 Å². The van der Waals surface area contributed by atoms with E-state index in [1.807, 2.05) is 91.0 Å². The third-order valence-corrected chi connectivity index (χ3v) is 6.58. The van der Waals surface area contributed by atoms with Crippen molar-refractivity contribution >= 4 is 21.9 Å². The summed E-state index contributed by atoms with van der Waals surface area (Å²) in [4.78, 5) is 12.0. The average molecular weight is 555 g/mol. The van der Waals surface area contributed by atoms with E-state index in [1.54, 1.807) is 0 Å². The van der Waals surface area contributed by atoms with Crippen molar-refractivity contribution in [2.75, 3.05) is 6.61 Å². The van der Waals surface area contributed by atoms with Crippen molar-refractivity contribution in [3.63, 3.8) is 0 Å². The smallest absolute Gasteiger partial charge is 0.303 e. The van der Waals surface area contributed by atoms with Crippen molar-refractivity contribution in [2.45, 2.75) is 56.2 Å². The second-order valence-electron chi connectivity index (χ2n) is 8.62. The number of carbonyl (C=O) groups excluding carboxylic acids is 1. The van der Waals surface area contributed by atoms with Gasteiger partial charge in [0.1, 0.15) is 18.3 Å². The van der Waals surface area contributed by atoms with Crippen LogP contribution in [0.3, 0.4) is 0 Å². The molecule has 1 fully saturated rings. The topological polar surface area (TPSA) is 63.2 Å². The zero-order valence-electron chi connectivity index (χ0n) is 20.2. The molecule has 0 saturated carbocycles. The van der Waals surface area contributed by atoms with Crippen molar-refractivity contribution in [2.24, 2.45) is 0 Å². The van der Waals surface area contributed by atoms with Gasteiger partial charge in [0.25, 0.3) is 0 Å². The highest BCUT2D eigenvalue weighted by atomic mass is 79.9. The predicted molar refractivity (Wildman–Crippen MR) is 139 cm³/mol. The number of ether oxygens (including phenoxy) is 5. The first kappa shape index (κ1) is 26.5. The van der Waals surface area contributed by atoms with Crippen molar-refractivity contribution < 1.29 is 28.5 Å². The maximum absolute atomic E-state index is 12.0. The SMILES string of the molecule is CC(=O)O[C@H]1[C@@H](OCc2ccccc2)[C@H](OCc2ccccc2)[C@@H](COCc2ccccc2)O[C@@H]1Br. The van der Waals surface area contributed by atoms with Crippen LogP contribution in [0.4, 0.5) is 0 Å². The molecule has 1 saturated heterocycles. The molecule has 36 heavy (non-hydrogen) atoms. The second-order valence-corrected chi connectivity index (χ2v) is 9.53. The Hall–Kier alpha value is -2.55. The van der Waals surface area contributed by atoms with E-state index < -0.39 is 35.4 Å². The number of carbonyl (C=O) groups is 1. The summed E-state index contributed by atoms with van der Waals surface area (Å²) >= 11 is 3.56. The highest BCUT2D eigenvalue weighted by molar-refractivity contribution is 9.09. The Morgan fingerprint density at radius 2 is 1.19 bits per heavy atom. The molecule has 1 aliphatic rings. The molecular formula is C29H31BrO6. The molecule has 0 radical (unpaired) electrons. The Balaban J connectivity index is 1.53. The van der Waals surface area contributed by atoms with Crippen LogP contribution in [0.2, 0.25) is 0 Å². The number of rotatable bonds is 11. The molecule has 0 N–H and O–H groups in total. The largest absolute Gasteiger partial charge is 0.456 e. The summed E-state index contributed by atoms with van der Waals surface area (Å²) in [5.74, 6) is -0.415. The number of benzene rings is 3. The molecule has 0 aromatic heterocycles. The third kappa shape index (κ3) is 7.72. The van der Waals surface area contributed by atoms with E-state index in [0.29, 0.717) is 19.8 Å². The number of halogens is 1. The molecule has 0 aliphatic carbocycles. The Morgan fingerprint density at radius 1 is 0.722 bits per heavy atom. The van der Waals surface area contributed by atoms with E-state index in [2.05, 4.69) is 15.9 Å². The average Bonchev–Trinajstić information content (AvgIpc) is 2.90. The normalized spacial score (nSPS) is 23.8. The molecule has 0 unspecified atom stereocenters. The third-order valence-electron chi connectivity index (χ3n) is 5.84. The van der Waals surface area contributed by atoms with Crippen LogP contribution in [0, 0.1) is 0 Å². The van der Waals surface area contributed by atoms with E-state index in [4.69, 9.17) is 23.7 Å². The van der Waals surface area contributed by atoms with E-state index in [0.717, 1.165) is 16.7 Å². The van der Waals surface area contributed by atoms with E-state index >= 15 is 0 Å². The molecule has 1 heterocycles. The lowest BCUT2D eigenvalue weighted by molar-refractivity contribution is -0.247. The molecule has 0 spiro atoms.